The normalized spacial score (nSPS) is 21.3. The van der Waals surface area contributed by atoms with E-state index in [1.807, 2.05) is 13.8 Å². The number of aliphatic hydroxyl groups is 3. The van der Waals surface area contributed by atoms with Gasteiger partial charge in [0, 0.05) is 0 Å². The Balaban J connectivity index is 0.000000230. The summed E-state index contributed by atoms with van der Waals surface area (Å²) < 4.78 is 18.2. The molecule has 1 fully saturated rings. The first-order chi connectivity index (χ1) is 18.9. The third-order valence-corrected chi connectivity index (χ3v) is 5.69. The summed E-state index contributed by atoms with van der Waals surface area (Å²) in [6.45, 7) is 3.60. The maximum Gasteiger partial charge on any atom is 0.323 e. The van der Waals surface area contributed by atoms with Crippen molar-refractivity contribution in [3.63, 3.8) is 0 Å². The number of anilines is 1. The van der Waals surface area contributed by atoms with E-state index >= 15 is 0 Å². The number of amides is 1. The molecule has 1 aliphatic heterocycles. The number of hydrogen-bond donors (Lipinski definition) is 7. The van der Waals surface area contributed by atoms with E-state index in [0.717, 1.165) is 11.0 Å². The number of nitrogens with one attached hydrogen (secondary N) is 1. The highest BCUT2D eigenvalue weighted by atomic mass is 16.6. The molecule has 10 N–H and O–H groups in total. The predicted octanol–water partition coefficient (Wildman–Crippen LogP) is -3.81. The Hall–Kier alpha value is -4.01. The summed E-state index contributed by atoms with van der Waals surface area (Å²) >= 11 is 0. The van der Waals surface area contributed by atoms with E-state index in [2.05, 4.69) is 25.0 Å². The van der Waals surface area contributed by atoms with Crippen LogP contribution in [-0.4, -0.2) is 106 Å². The third kappa shape index (κ3) is 7.14. The Morgan fingerprint density at radius 3 is 2.52 bits per heavy atom. The quantitative estimate of drug-likeness (QED) is 0.0910. The van der Waals surface area contributed by atoms with E-state index in [-0.39, 0.29) is 43.2 Å². The Kier molecular flexibility index (Phi) is 10.2. The molecule has 1 aliphatic rings. The van der Waals surface area contributed by atoms with Crippen LogP contribution < -0.4 is 22.8 Å². The lowest BCUT2D eigenvalue weighted by Gasteiger charge is -2.14. The number of nitrogen functional groups attached to an aromatic ring is 1. The SMILES string of the molecule is CC(C)[C@H](N)C(=O)OCCOCn1cnc2c(=O)[nH]c(N)nc21.NC(=O)c1ncn([C@@H]2O[C@H](CO)[C@@H](O)[C@H]2O)n1. The number of ether oxygens (including phenoxy) is 3. The van der Waals surface area contributed by atoms with Crippen LogP contribution in [0.5, 0.6) is 0 Å². The number of primary amides is 1. The van der Waals surface area contributed by atoms with Gasteiger partial charge in [0.2, 0.25) is 11.8 Å². The van der Waals surface area contributed by atoms with Gasteiger partial charge in [0.15, 0.2) is 17.4 Å². The van der Waals surface area contributed by atoms with Crippen LogP contribution >= 0.6 is 0 Å². The Labute approximate surface area is 225 Å². The molecule has 0 saturated carbocycles. The van der Waals surface area contributed by atoms with Crippen LogP contribution in [0.1, 0.15) is 30.7 Å². The molecule has 0 unspecified atom stereocenters. The van der Waals surface area contributed by atoms with Crippen LogP contribution in [0.3, 0.4) is 0 Å². The first kappa shape index (κ1) is 30.5. The minimum absolute atomic E-state index is 0.000790. The predicted molar refractivity (Wildman–Crippen MR) is 134 cm³/mol. The number of rotatable bonds is 10. The van der Waals surface area contributed by atoms with Crippen LogP contribution in [0.25, 0.3) is 11.2 Å². The van der Waals surface area contributed by atoms with Crippen LogP contribution in [0.4, 0.5) is 5.95 Å². The summed E-state index contributed by atoms with van der Waals surface area (Å²) in [6.07, 6.45) is -1.84. The van der Waals surface area contributed by atoms with Gasteiger partial charge in [-0.3, -0.25) is 23.9 Å². The van der Waals surface area contributed by atoms with Crippen molar-refractivity contribution in [3.05, 3.63) is 28.8 Å². The maximum atomic E-state index is 11.6. The van der Waals surface area contributed by atoms with Gasteiger partial charge < -0.3 is 46.7 Å². The molecule has 0 radical (unpaired) electrons. The number of carbonyl (C=O) groups is 2. The zero-order chi connectivity index (χ0) is 29.6. The van der Waals surface area contributed by atoms with Gasteiger partial charge in [-0.05, 0) is 5.92 Å². The number of nitrogens with two attached hydrogens (primary N) is 3. The number of fused-ring (bicyclic) bond motifs is 1. The van der Waals surface area contributed by atoms with Crippen LogP contribution in [-0.2, 0) is 25.7 Å². The molecular formula is C21H32N10O9. The average Bonchev–Trinajstić information content (AvgIpc) is 3.62. The molecule has 1 amide bonds. The van der Waals surface area contributed by atoms with E-state index in [4.69, 9.17) is 36.5 Å². The molecule has 40 heavy (non-hydrogen) atoms. The molecule has 0 spiro atoms. The molecule has 5 atom stereocenters. The minimum Gasteiger partial charge on any atom is -0.462 e. The number of H-pyrrole nitrogens is 1. The lowest BCUT2D eigenvalue weighted by atomic mass is 10.1. The topological polar surface area (TPSA) is 295 Å². The molecule has 0 aromatic carbocycles. The first-order valence-electron chi connectivity index (χ1n) is 12.0. The highest BCUT2D eigenvalue weighted by Gasteiger charge is 2.44. The van der Waals surface area contributed by atoms with Crippen molar-refractivity contribution in [3.8, 4) is 0 Å². The summed E-state index contributed by atoms with van der Waals surface area (Å²) in [5.41, 5.74) is 16.2. The Morgan fingerprint density at radius 2 is 1.93 bits per heavy atom. The number of aromatic amines is 1. The van der Waals surface area contributed by atoms with E-state index in [0.29, 0.717) is 5.65 Å². The van der Waals surface area contributed by atoms with E-state index in [1.165, 1.54) is 10.9 Å². The Bertz CT molecular complexity index is 1360. The molecule has 0 aliphatic carbocycles. The van der Waals surface area contributed by atoms with Crippen molar-refractivity contribution in [2.24, 2.45) is 17.4 Å². The number of imidazole rings is 1. The first-order valence-corrected chi connectivity index (χ1v) is 12.0. The van der Waals surface area contributed by atoms with Gasteiger partial charge in [0.05, 0.1) is 19.5 Å². The zero-order valence-corrected chi connectivity index (χ0v) is 21.7. The lowest BCUT2D eigenvalue weighted by molar-refractivity contribution is -0.148. The summed E-state index contributed by atoms with van der Waals surface area (Å²) in [6, 6.07) is -0.647. The van der Waals surface area contributed by atoms with Gasteiger partial charge in [-0.25, -0.2) is 14.6 Å². The van der Waals surface area contributed by atoms with Crippen molar-refractivity contribution in [1.82, 2.24) is 34.3 Å². The zero-order valence-electron chi connectivity index (χ0n) is 21.7. The molecule has 19 nitrogen and oxygen atoms in total. The molecule has 4 heterocycles. The minimum atomic E-state index is -1.27. The second kappa shape index (κ2) is 13.4. The standard InChI is InChI=1S/C13H20N6O4.C8H12N4O5/c1-7(2)8(14)12(21)23-4-3-22-6-19-5-16-9-10(19)17-13(15)18-11(9)20;9-6(16)7-10-2-12(11-7)8-5(15)4(14)3(1-13)17-8/h5,7-8H,3-4,6,14H2,1-2H3,(H3,15,17,18,20);2-5,8,13-15H,1H2,(H2,9,16)/t8-;3-,4-,5-,8-/m01/s1. The number of hydrogen-bond acceptors (Lipinski definition) is 15. The summed E-state index contributed by atoms with van der Waals surface area (Å²) in [7, 11) is 0. The van der Waals surface area contributed by atoms with Gasteiger partial charge >= 0.3 is 5.97 Å². The van der Waals surface area contributed by atoms with Crippen molar-refractivity contribution >= 4 is 29.0 Å². The Morgan fingerprint density at radius 1 is 1.20 bits per heavy atom. The fraction of sp³-hybridized carbons (Fsp3) is 0.571. The molecular weight excluding hydrogens is 536 g/mol. The van der Waals surface area contributed by atoms with E-state index in [9.17, 15) is 24.6 Å². The van der Waals surface area contributed by atoms with Gasteiger partial charge in [-0.2, -0.15) is 4.98 Å². The third-order valence-electron chi connectivity index (χ3n) is 5.69. The second-order valence-corrected chi connectivity index (χ2v) is 8.95. The summed E-state index contributed by atoms with van der Waals surface area (Å²) in [4.78, 5) is 47.9. The fourth-order valence-corrected chi connectivity index (χ4v) is 3.41. The lowest BCUT2D eigenvalue weighted by Crippen LogP contribution is -2.37. The van der Waals surface area contributed by atoms with Gasteiger partial charge in [0.1, 0.15) is 44.0 Å². The molecule has 4 rings (SSSR count). The highest BCUT2D eigenvalue weighted by molar-refractivity contribution is 5.88. The van der Waals surface area contributed by atoms with Crippen LogP contribution in [0, 0.1) is 5.92 Å². The van der Waals surface area contributed by atoms with Crippen LogP contribution in [0.2, 0.25) is 0 Å². The molecule has 19 heteroatoms. The van der Waals surface area contributed by atoms with Gasteiger partial charge in [0.25, 0.3) is 11.5 Å². The van der Waals surface area contributed by atoms with Crippen molar-refractivity contribution < 1.29 is 39.1 Å². The smallest absolute Gasteiger partial charge is 0.323 e. The number of nitrogens with zero attached hydrogens (tertiary/aromatic N) is 6. The molecule has 220 valence electrons. The number of aromatic nitrogens is 7. The van der Waals surface area contributed by atoms with Gasteiger partial charge in [-0.15, -0.1) is 5.10 Å². The summed E-state index contributed by atoms with van der Waals surface area (Å²) in [5, 5.41) is 31.8. The van der Waals surface area contributed by atoms with E-state index < -0.39 is 54.6 Å². The van der Waals surface area contributed by atoms with Crippen molar-refractivity contribution in [1.29, 1.82) is 0 Å². The van der Waals surface area contributed by atoms with Crippen LogP contribution in [0.15, 0.2) is 17.4 Å². The monoisotopic (exact) mass is 568 g/mol. The molecule has 0 bridgehead atoms. The van der Waals surface area contributed by atoms with Crippen molar-refractivity contribution in [2.45, 2.75) is 51.2 Å². The average molecular weight is 569 g/mol. The fourth-order valence-electron chi connectivity index (χ4n) is 3.41. The number of aliphatic hydroxyl groups excluding tert-OH is 3. The van der Waals surface area contributed by atoms with E-state index in [1.54, 1.807) is 0 Å². The number of carbonyl (C=O) groups excluding carboxylic acids is 2. The maximum absolute atomic E-state index is 11.6. The van der Waals surface area contributed by atoms with Gasteiger partial charge in [-0.1, -0.05) is 13.8 Å². The molecule has 3 aromatic heterocycles. The largest absolute Gasteiger partial charge is 0.462 e. The molecule has 3 aromatic rings. The summed E-state index contributed by atoms with van der Waals surface area (Å²) in [5.74, 6) is -1.48. The number of esters is 1. The molecule has 1 saturated heterocycles. The second-order valence-electron chi connectivity index (χ2n) is 8.95. The highest BCUT2D eigenvalue weighted by Crippen LogP contribution is 2.28. The van der Waals surface area contributed by atoms with Crippen molar-refractivity contribution in [2.75, 3.05) is 25.6 Å².